The molecule has 1 aliphatic heterocycles. The van der Waals surface area contributed by atoms with Crippen LogP contribution in [0.25, 0.3) is 0 Å². The summed E-state index contributed by atoms with van der Waals surface area (Å²) in [6.07, 6.45) is 62.4. The Morgan fingerprint density at radius 3 is 1.28 bits per heavy atom. The number of aliphatic hydroxyl groups excluding tert-OH is 5. The average molecular weight is 1140 g/mol. The zero-order chi connectivity index (χ0) is 58.9. The van der Waals surface area contributed by atoms with Gasteiger partial charge in [-0.25, -0.2) is 0 Å². The highest BCUT2D eigenvalue weighted by Gasteiger charge is 2.47. The van der Waals surface area contributed by atoms with Gasteiger partial charge in [-0.3, -0.25) is 9.59 Å². The fourth-order valence-corrected chi connectivity index (χ4v) is 10.5. The van der Waals surface area contributed by atoms with Gasteiger partial charge in [0.2, 0.25) is 5.91 Å². The van der Waals surface area contributed by atoms with Gasteiger partial charge in [-0.2, -0.15) is 0 Å². The fourth-order valence-electron chi connectivity index (χ4n) is 10.5. The number of carbonyl (C=O) groups excluding carboxylic acids is 2. The van der Waals surface area contributed by atoms with E-state index < -0.39 is 67.4 Å². The van der Waals surface area contributed by atoms with Gasteiger partial charge in [0.1, 0.15) is 24.4 Å². The first kappa shape index (κ1) is 76.4. The maximum atomic E-state index is 13.5. The molecule has 0 bridgehead atoms. The second-order valence-corrected chi connectivity index (χ2v) is 23.6. The monoisotopic (exact) mass is 1140 g/mol. The molecule has 1 amide bonds. The predicted molar refractivity (Wildman–Crippen MR) is 338 cm³/mol. The molecule has 1 fully saturated rings. The second kappa shape index (κ2) is 57.8. The lowest BCUT2D eigenvalue weighted by molar-refractivity contribution is -0.305. The van der Waals surface area contributed by atoms with E-state index in [1.54, 1.807) is 6.08 Å². The average Bonchev–Trinajstić information content (AvgIpc) is 3.46. The summed E-state index contributed by atoms with van der Waals surface area (Å²) in [5, 5.41) is 57.2. The number of hydrogen-bond acceptors (Lipinski definition) is 10. The lowest BCUT2D eigenvalue weighted by atomic mass is 9.99. The van der Waals surface area contributed by atoms with Crippen molar-refractivity contribution >= 4 is 11.9 Å². The zero-order valence-electron chi connectivity index (χ0n) is 52.4. The Hall–Kier alpha value is -2.64. The summed E-state index contributed by atoms with van der Waals surface area (Å²) in [7, 11) is 0. The van der Waals surface area contributed by atoms with Gasteiger partial charge in [-0.15, -0.1) is 0 Å². The van der Waals surface area contributed by atoms with E-state index in [2.05, 4.69) is 74.7 Å². The molecule has 0 aromatic rings. The van der Waals surface area contributed by atoms with E-state index in [1.165, 1.54) is 180 Å². The van der Waals surface area contributed by atoms with Crippen LogP contribution in [-0.2, 0) is 23.8 Å². The van der Waals surface area contributed by atoms with Crippen LogP contribution in [0.2, 0.25) is 0 Å². The Bertz CT molecular complexity index is 1550. The number of amides is 1. The Labute approximate surface area is 497 Å². The third kappa shape index (κ3) is 45.4. The van der Waals surface area contributed by atoms with E-state index in [-0.39, 0.29) is 19.4 Å². The highest BCUT2D eigenvalue weighted by atomic mass is 16.7. The molecule has 1 heterocycles. The molecule has 0 radical (unpaired) electrons. The van der Waals surface area contributed by atoms with Crippen LogP contribution >= 0.6 is 0 Å². The first-order valence-electron chi connectivity index (χ1n) is 34.1. The third-order valence-corrected chi connectivity index (χ3v) is 15.9. The smallest absolute Gasteiger partial charge is 0.306 e. The molecule has 1 saturated heterocycles. The number of nitrogens with one attached hydrogen (secondary N) is 1. The highest BCUT2D eigenvalue weighted by Crippen LogP contribution is 2.26. The summed E-state index contributed by atoms with van der Waals surface area (Å²) in [5.41, 5.74) is 0. The molecule has 11 nitrogen and oxygen atoms in total. The van der Waals surface area contributed by atoms with Gasteiger partial charge in [-0.05, 0) is 89.9 Å². The van der Waals surface area contributed by atoms with Crippen molar-refractivity contribution in [3.63, 3.8) is 0 Å². The predicted octanol–water partition coefficient (Wildman–Crippen LogP) is 17.0. The number of aliphatic hydroxyl groups is 5. The minimum atomic E-state index is -1.62. The molecule has 0 saturated carbocycles. The minimum Gasteiger partial charge on any atom is -0.454 e. The van der Waals surface area contributed by atoms with Crippen LogP contribution in [0.15, 0.2) is 60.8 Å². The van der Waals surface area contributed by atoms with Crippen LogP contribution in [0.4, 0.5) is 0 Å². The van der Waals surface area contributed by atoms with E-state index in [0.717, 1.165) is 83.5 Å². The number of carbonyl (C=O) groups is 2. The van der Waals surface area contributed by atoms with Crippen molar-refractivity contribution < 1.29 is 49.3 Å². The summed E-state index contributed by atoms with van der Waals surface area (Å²) in [5.74, 6) is -1.19. The van der Waals surface area contributed by atoms with Gasteiger partial charge < -0.3 is 45.1 Å². The maximum Gasteiger partial charge on any atom is 0.306 e. The van der Waals surface area contributed by atoms with E-state index >= 15 is 0 Å². The third-order valence-electron chi connectivity index (χ3n) is 15.9. The minimum absolute atomic E-state index is 0.118. The van der Waals surface area contributed by atoms with Crippen molar-refractivity contribution in [1.29, 1.82) is 0 Å². The van der Waals surface area contributed by atoms with Gasteiger partial charge in [0.15, 0.2) is 12.4 Å². The highest BCUT2D eigenvalue weighted by molar-refractivity contribution is 5.80. The Kier molecular flexibility index (Phi) is 54.5. The molecule has 0 aromatic heterocycles. The van der Waals surface area contributed by atoms with Crippen LogP contribution in [0.1, 0.15) is 310 Å². The molecule has 0 aliphatic carbocycles. The molecular weight excluding hydrogens is 1010 g/mol. The number of unbranched alkanes of at least 4 members (excludes halogenated alkanes) is 36. The standard InChI is InChI=1S/C70H127NO10/c1-4-7-10-13-16-19-22-25-27-29-31-33-34-36-39-42-45-48-51-54-57-63(74)69(78)71-61(62(73)56-53-50-47-44-41-38-24-21-18-15-12-9-6-3)60-79-70-68(67(77)66(76)64(59-72)80-70)81-65(75)58-55-52-49-46-43-40-37-35-32-30-28-26-23-20-17-14-11-8-5-2/h16-17,19-20,25-28,53,56,61-64,66-68,70,72-74,76-77H,4-15,18,21-24,29-52,54-55,57-60H2,1-3H3,(H,71,78)/b19-16-,20-17-,27-25-,28-26-,56-53+. The van der Waals surface area contributed by atoms with Gasteiger partial charge >= 0.3 is 5.97 Å². The molecule has 0 spiro atoms. The molecule has 8 unspecified atom stereocenters. The molecule has 0 aromatic carbocycles. The second-order valence-electron chi connectivity index (χ2n) is 23.6. The Morgan fingerprint density at radius 2 is 0.852 bits per heavy atom. The lowest BCUT2D eigenvalue weighted by Gasteiger charge is -2.41. The summed E-state index contributed by atoms with van der Waals surface area (Å²) in [6, 6.07) is -1.03. The molecule has 81 heavy (non-hydrogen) atoms. The first-order valence-corrected chi connectivity index (χ1v) is 34.1. The van der Waals surface area contributed by atoms with E-state index in [4.69, 9.17) is 14.2 Å². The van der Waals surface area contributed by atoms with Gasteiger partial charge in [0.25, 0.3) is 0 Å². The Balaban J connectivity index is 2.63. The van der Waals surface area contributed by atoms with Gasteiger partial charge in [-0.1, -0.05) is 274 Å². The molecule has 1 aliphatic rings. The quantitative estimate of drug-likeness (QED) is 0.0195. The van der Waals surface area contributed by atoms with E-state index in [0.29, 0.717) is 12.8 Å². The zero-order valence-corrected chi connectivity index (χ0v) is 52.4. The summed E-state index contributed by atoms with van der Waals surface area (Å²) >= 11 is 0. The van der Waals surface area contributed by atoms with Crippen molar-refractivity contribution in [3.8, 4) is 0 Å². The van der Waals surface area contributed by atoms with Crippen LogP contribution in [0.5, 0.6) is 0 Å². The largest absolute Gasteiger partial charge is 0.454 e. The van der Waals surface area contributed by atoms with Crippen LogP contribution in [0.3, 0.4) is 0 Å². The van der Waals surface area contributed by atoms with Crippen molar-refractivity contribution in [1.82, 2.24) is 5.32 Å². The summed E-state index contributed by atoms with van der Waals surface area (Å²) in [4.78, 5) is 26.6. The molecule has 472 valence electrons. The first-order chi connectivity index (χ1) is 39.7. The van der Waals surface area contributed by atoms with E-state index in [9.17, 15) is 35.1 Å². The number of allylic oxidation sites excluding steroid dienone is 9. The SMILES string of the molecule is CCCCC/C=C\C/C=C\CCCCCCCCCCCCC(O)C(=O)NC(COC1OC(CO)C(O)C(O)C1OC(=O)CCCCCCCCCCC/C=C\C/C=C\CCCCC)C(O)/C=C/CCCCCCCCCCCCC. The number of ether oxygens (including phenoxy) is 3. The molecular formula is C70H127NO10. The molecule has 8 atom stereocenters. The number of rotatable bonds is 58. The summed E-state index contributed by atoms with van der Waals surface area (Å²) in [6.45, 7) is 5.77. The summed E-state index contributed by atoms with van der Waals surface area (Å²) < 4.78 is 17.7. The van der Waals surface area contributed by atoms with Crippen molar-refractivity contribution in [2.45, 2.75) is 359 Å². The van der Waals surface area contributed by atoms with Crippen molar-refractivity contribution in [2.24, 2.45) is 0 Å². The molecule has 1 rings (SSSR count). The van der Waals surface area contributed by atoms with Gasteiger partial charge in [0, 0.05) is 6.42 Å². The number of esters is 1. The van der Waals surface area contributed by atoms with Gasteiger partial charge in [0.05, 0.1) is 25.4 Å². The normalized spacial score (nSPS) is 19.0. The molecule has 6 N–H and O–H groups in total. The van der Waals surface area contributed by atoms with Crippen molar-refractivity contribution in [2.75, 3.05) is 13.2 Å². The van der Waals surface area contributed by atoms with Crippen LogP contribution in [-0.4, -0.2) is 99.6 Å². The van der Waals surface area contributed by atoms with Crippen LogP contribution < -0.4 is 5.32 Å². The van der Waals surface area contributed by atoms with E-state index in [1.807, 2.05) is 6.08 Å². The molecule has 11 heteroatoms. The van der Waals surface area contributed by atoms with Crippen molar-refractivity contribution in [3.05, 3.63) is 60.8 Å². The fraction of sp³-hybridized carbons (Fsp3) is 0.829. The Morgan fingerprint density at radius 1 is 0.481 bits per heavy atom. The maximum absolute atomic E-state index is 13.5. The van der Waals surface area contributed by atoms with Crippen LogP contribution in [0, 0.1) is 0 Å². The lowest BCUT2D eigenvalue weighted by Crippen LogP contribution is -2.61. The number of hydrogen-bond donors (Lipinski definition) is 6. The topological polar surface area (TPSA) is 175 Å².